The smallest absolute Gasteiger partial charge is 0.338 e. The summed E-state index contributed by atoms with van der Waals surface area (Å²) < 4.78 is 14.7. The number of ether oxygens (including phenoxy) is 3. The van der Waals surface area contributed by atoms with E-state index in [9.17, 15) is 29.8 Å². The molecule has 1 aliphatic heterocycles. The van der Waals surface area contributed by atoms with Crippen LogP contribution in [0.25, 0.3) is 0 Å². The van der Waals surface area contributed by atoms with Crippen LogP contribution in [-0.2, 0) is 14.2 Å². The van der Waals surface area contributed by atoms with Crippen LogP contribution in [0.3, 0.4) is 0 Å². The number of anilines is 1. The first-order chi connectivity index (χ1) is 15.7. The predicted molar refractivity (Wildman–Crippen MR) is 120 cm³/mol. The minimum Gasteiger partial charge on any atom is -0.465 e. The third kappa shape index (κ3) is 7.22. The molecule has 176 valence electrons. The van der Waals surface area contributed by atoms with E-state index in [0.717, 1.165) is 6.07 Å². The van der Waals surface area contributed by atoms with Crippen molar-refractivity contribution in [2.75, 3.05) is 45.4 Å². The SMILES string of the molecule is COC(=O)c1cc(Br)cc([N+](=O)[O-])c1.COC(=O)c1cc(N2CCOCC2)cc([N+](=O)[O-])c1. The molecule has 0 unspecified atom stereocenters. The Labute approximate surface area is 196 Å². The third-order valence-corrected chi connectivity index (χ3v) is 4.88. The maximum Gasteiger partial charge on any atom is 0.338 e. The molecule has 1 fully saturated rings. The number of hydrogen-bond donors (Lipinski definition) is 0. The lowest BCUT2D eigenvalue weighted by molar-refractivity contribution is -0.385. The zero-order valence-electron chi connectivity index (χ0n) is 17.7. The van der Waals surface area contributed by atoms with Crippen molar-refractivity contribution < 1.29 is 33.6 Å². The standard InChI is InChI=1S/C12H14N2O5.C8H6BrNO4/c1-18-12(15)9-6-10(8-11(7-9)14(16)17)13-2-4-19-5-3-13;1-14-8(11)5-2-6(9)4-7(3-5)10(12)13/h6-8H,2-5H2,1H3;2-4H,1H3. The van der Waals surface area contributed by atoms with Crippen LogP contribution in [0.5, 0.6) is 0 Å². The zero-order chi connectivity index (χ0) is 24.5. The summed E-state index contributed by atoms with van der Waals surface area (Å²) in [6.45, 7) is 2.41. The first-order valence-electron chi connectivity index (χ1n) is 9.40. The van der Waals surface area contributed by atoms with E-state index in [1.165, 1.54) is 38.5 Å². The number of halogens is 1. The van der Waals surface area contributed by atoms with Crippen molar-refractivity contribution in [3.63, 3.8) is 0 Å². The van der Waals surface area contributed by atoms with Gasteiger partial charge in [-0.25, -0.2) is 9.59 Å². The average Bonchev–Trinajstić information content (AvgIpc) is 2.83. The Morgan fingerprint density at radius 3 is 1.85 bits per heavy atom. The second-order valence-electron chi connectivity index (χ2n) is 6.53. The highest BCUT2D eigenvalue weighted by atomic mass is 79.9. The van der Waals surface area contributed by atoms with E-state index in [4.69, 9.17) is 4.74 Å². The molecule has 0 saturated carbocycles. The molecular weight excluding hydrogens is 506 g/mol. The molecule has 0 bridgehead atoms. The van der Waals surface area contributed by atoms with E-state index >= 15 is 0 Å². The molecule has 1 saturated heterocycles. The number of esters is 2. The molecule has 0 radical (unpaired) electrons. The number of benzene rings is 2. The molecule has 33 heavy (non-hydrogen) atoms. The number of hydrogen-bond acceptors (Lipinski definition) is 10. The van der Waals surface area contributed by atoms with Crippen LogP contribution in [0.1, 0.15) is 20.7 Å². The number of nitrogens with zero attached hydrogens (tertiary/aromatic N) is 3. The molecule has 0 spiro atoms. The van der Waals surface area contributed by atoms with Crippen molar-refractivity contribution in [3.8, 4) is 0 Å². The van der Waals surface area contributed by atoms with E-state index < -0.39 is 21.8 Å². The summed E-state index contributed by atoms with van der Waals surface area (Å²) in [6, 6.07) is 8.21. The molecular formula is C20H20BrN3O9. The van der Waals surface area contributed by atoms with Gasteiger partial charge in [-0.1, -0.05) is 15.9 Å². The minimum absolute atomic E-state index is 0.121. The highest BCUT2D eigenvalue weighted by molar-refractivity contribution is 9.10. The molecule has 0 atom stereocenters. The van der Waals surface area contributed by atoms with Gasteiger partial charge in [0.05, 0.1) is 48.4 Å². The number of methoxy groups -OCH3 is 2. The van der Waals surface area contributed by atoms with Gasteiger partial charge in [-0.05, 0) is 12.1 Å². The molecule has 2 aromatic rings. The monoisotopic (exact) mass is 525 g/mol. The van der Waals surface area contributed by atoms with Crippen molar-refractivity contribution >= 4 is 44.9 Å². The predicted octanol–water partition coefficient (Wildman–Crippen LogP) is 3.36. The Morgan fingerprint density at radius 1 is 0.879 bits per heavy atom. The van der Waals surface area contributed by atoms with Crippen molar-refractivity contribution in [2.45, 2.75) is 0 Å². The van der Waals surface area contributed by atoms with Gasteiger partial charge in [-0.3, -0.25) is 20.2 Å². The van der Waals surface area contributed by atoms with Gasteiger partial charge in [0, 0.05) is 47.5 Å². The van der Waals surface area contributed by atoms with Crippen LogP contribution in [-0.4, -0.2) is 62.3 Å². The molecule has 1 heterocycles. The molecule has 13 heteroatoms. The normalized spacial score (nSPS) is 12.8. The molecule has 0 aromatic heterocycles. The van der Waals surface area contributed by atoms with Gasteiger partial charge in [-0.15, -0.1) is 0 Å². The van der Waals surface area contributed by atoms with Gasteiger partial charge in [0.1, 0.15) is 0 Å². The lowest BCUT2D eigenvalue weighted by atomic mass is 10.1. The van der Waals surface area contributed by atoms with Gasteiger partial charge in [-0.2, -0.15) is 0 Å². The average molecular weight is 526 g/mol. The Hall–Kier alpha value is -3.58. The van der Waals surface area contributed by atoms with Gasteiger partial charge in [0.2, 0.25) is 0 Å². The van der Waals surface area contributed by atoms with Crippen molar-refractivity contribution in [2.24, 2.45) is 0 Å². The number of non-ortho nitro benzene ring substituents is 2. The Bertz CT molecular complexity index is 1060. The van der Waals surface area contributed by atoms with Crippen molar-refractivity contribution in [3.05, 3.63) is 72.2 Å². The van der Waals surface area contributed by atoms with E-state index in [2.05, 4.69) is 25.4 Å². The largest absolute Gasteiger partial charge is 0.465 e. The fraction of sp³-hybridized carbons (Fsp3) is 0.300. The molecule has 3 rings (SSSR count). The Kier molecular flexibility index (Phi) is 9.24. The highest BCUT2D eigenvalue weighted by Gasteiger charge is 2.19. The van der Waals surface area contributed by atoms with Crippen LogP contribution in [0.4, 0.5) is 17.1 Å². The van der Waals surface area contributed by atoms with Gasteiger partial charge in [0.15, 0.2) is 0 Å². The van der Waals surface area contributed by atoms with E-state index in [-0.39, 0.29) is 22.5 Å². The molecule has 1 aliphatic rings. The van der Waals surface area contributed by atoms with Crippen LogP contribution in [0.2, 0.25) is 0 Å². The summed E-state index contributed by atoms with van der Waals surface area (Å²) in [6.07, 6.45) is 0. The number of morpholine rings is 1. The minimum atomic E-state index is -0.602. The van der Waals surface area contributed by atoms with Crippen LogP contribution < -0.4 is 4.90 Å². The van der Waals surface area contributed by atoms with Gasteiger partial charge < -0.3 is 19.1 Å². The Balaban J connectivity index is 0.000000245. The second kappa shape index (κ2) is 11.9. The number of nitro groups is 2. The lowest BCUT2D eigenvalue weighted by Crippen LogP contribution is -2.36. The topological polar surface area (TPSA) is 151 Å². The first kappa shape index (κ1) is 25.7. The fourth-order valence-electron chi connectivity index (χ4n) is 2.86. The van der Waals surface area contributed by atoms with Crippen molar-refractivity contribution in [1.82, 2.24) is 0 Å². The Morgan fingerprint density at radius 2 is 1.36 bits per heavy atom. The van der Waals surface area contributed by atoms with Gasteiger partial charge >= 0.3 is 11.9 Å². The maximum atomic E-state index is 11.5. The summed E-state index contributed by atoms with van der Waals surface area (Å²) in [5.74, 6) is -1.19. The van der Waals surface area contributed by atoms with Crippen molar-refractivity contribution in [1.29, 1.82) is 0 Å². The van der Waals surface area contributed by atoms with Crippen LogP contribution in [0, 0.1) is 20.2 Å². The fourth-order valence-corrected chi connectivity index (χ4v) is 3.34. The molecule has 0 amide bonds. The number of carbonyl (C=O) groups excluding carboxylic acids is 2. The molecule has 0 aliphatic carbocycles. The summed E-state index contributed by atoms with van der Waals surface area (Å²) in [4.78, 5) is 44.8. The van der Waals surface area contributed by atoms with Crippen LogP contribution >= 0.6 is 15.9 Å². The zero-order valence-corrected chi connectivity index (χ0v) is 19.3. The highest BCUT2D eigenvalue weighted by Crippen LogP contribution is 2.25. The number of rotatable bonds is 5. The second-order valence-corrected chi connectivity index (χ2v) is 7.45. The maximum absolute atomic E-state index is 11.5. The lowest BCUT2D eigenvalue weighted by Gasteiger charge is -2.28. The van der Waals surface area contributed by atoms with Crippen LogP contribution in [0.15, 0.2) is 40.9 Å². The molecule has 12 nitrogen and oxygen atoms in total. The molecule has 2 aromatic carbocycles. The first-order valence-corrected chi connectivity index (χ1v) is 10.2. The van der Waals surface area contributed by atoms with E-state index in [0.29, 0.717) is 36.5 Å². The van der Waals surface area contributed by atoms with Gasteiger partial charge in [0.25, 0.3) is 11.4 Å². The summed E-state index contributed by atoms with van der Waals surface area (Å²) >= 11 is 3.07. The number of nitro benzene ring substituents is 2. The summed E-state index contributed by atoms with van der Waals surface area (Å²) in [5, 5.41) is 21.4. The molecule has 0 N–H and O–H groups in total. The number of carbonyl (C=O) groups is 2. The van der Waals surface area contributed by atoms with E-state index in [1.54, 1.807) is 6.07 Å². The summed E-state index contributed by atoms with van der Waals surface area (Å²) in [7, 11) is 2.46. The van der Waals surface area contributed by atoms with E-state index in [1.807, 2.05) is 4.90 Å². The quantitative estimate of drug-likeness (QED) is 0.322. The summed E-state index contributed by atoms with van der Waals surface area (Å²) in [5.41, 5.74) is 0.689. The third-order valence-electron chi connectivity index (χ3n) is 4.43.